The Hall–Kier alpha value is -3.47. The minimum atomic E-state index is -0.684. The number of nitro benzene ring substituents is 1. The molecule has 1 aliphatic carbocycles. The molecule has 0 bridgehead atoms. The lowest BCUT2D eigenvalue weighted by Crippen LogP contribution is -2.43. The Morgan fingerprint density at radius 1 is 1.26 bits per heavy atom. The number of benzene rings is 2. The Labute approximate surface area is 180 Å². The van der Waals surface area contributed by atoms with Gasteiger partial charge in [0.25, 0.3) is 5.69 Å². The molecule has 1 aromatic heterocycles. The molecule has 9 nitrogen and oxygen atoms in total. The number of amides is 3. The van der Waals surface area contributed by atoms with Gasteiger partial charge in [-0.15, -0.1) is 0 Å². The number of urea groups is 1. The molecular weight excluding hydrogens is 425 g/mol. The molecule has 0 aliphatic heterocycles. The molecule has 0 spiro atoms. The highest BCUT2D eigenvalue weighted by atomic mass is 32.2. The molecule has 31 heavy (non-hydrogen) atoms. The highest BCUT2D eigenvalue weighted by Gasteiger charge is 2.26. The van der Waals surface area contributed by atoms with Crippen molar-refractivity contribution in [2.75, 3.05) is 0 Å². The summed E-state index contributed by atoms with van der Waals surface area (Å²) >= 11 is 1.09. The first-order valence-corrected chi connectivity index (χ1v) is 10.4. The van der Waals surface area contributed by atoms with Gasteiger partial charge in [0.1, 0.15) is 5.82 Å². The smallest absolute Gasteiger partial charge is 0.321 e. The largest absolute Gasteiger partial charge is 0.335 e. The standard InChI is InChI=1S/C20H18FN5O4S/c1-11(18(27)24-19(28)22-13-4-5-13)31-20-23-16-10-15(26(29)30)8-9-17(16)25(20)14-6-2-12(21)3-7-14/h2-3,6-11,13H,4-5H2,1H3,(H2,22,24,27,28). The fraction of sp³-hybridized carbons (Fsp3) is 0.250. The molecule has 3 aromatic rings. The van der Waals surface area contributed by atoms with Crippen LogP contribution < -0.4 is 10.6 Å². The van der Waals surface area contributed by atoms with E-state index >= 15 is 0 Å². The van der Waals surface area contributed by atoms with E-state index in [0.717, 1.165) is 24.6 Å². The number of rotatable bonds is 6. The van der Waals surface area contributed by atoms with E-state index in [-0.39, 0.29) is 11.7 Å². The number of thioether (sulfide) groups is 1. The van der Waals surface area contributed by atoms with Gasteiger partial charge in [0.15, 0.2) is 5.16 Å². The first-order chi connectivity index (χ1) is 14.8. The summed E-state index contributed by atoms with van der Waals surface area (Å²) in [5, 5.41) is 15.8. The number of halogens is 1. The molecule has 1 aliphatic rings. The van der Waals surface area contributed by atoms with Gasteiger partial charge >= 0.3 is 6.03 Å². The summed E-state index contributed by atoms with van der Waals surface area (Å²) in [7, 11) is 0. The highest BCUT2D eigenvalue weighted by Crippen LogP contribution is 2.32. The maximum absolute atomic E-state index is 13.4. The molecule has 1 saturated carbocycles. The lowest BCUT2D eigenvalue weighted by atomic mass is 10.2. The number of nitrogens with one attached hydrogen (secondary N) is 2. The van der Waals surface area contributed by atoms with Gasteiger partial charge in [-0.2, -0.15) is 0 Å². The number of fused-ring (bicyclic) bond motifs is 1. The van der Waals surface area contributed by atoms with E-state index in [1.807, 2.05) is 0 Å². The fourth-order valence-corrected chi connectivity index (χ4v) is 3.90. The van der Waals surface area contributed by atoms with Crippen molar-refractivity contribution in [3.8, 4) is 5.69 Å². The molecule has 160 valence electrons. The number of carbonyl (C=O) groups excluding carboxylic acids is 2. The third kappa shape index (κ3) is 4.66. The summed E-state index contributed by atoms with van der Waals surface area (Å²) in [6, 6.07) is 9.52. The number of imide groups is 1. The zero-order valence-electron chi connectivity index (χ0n) is 16.4. The number of hydrogen-bond donors (Lipinski definition) is 2. The SMILES string of the molecule is CC(Sc1nc2cc([N+](=O)[O-])ccc2n1-c1ccc(F)cc1)C(=O)NC(=O)NC1CC1. The summed E-state index contributed by atoms with van der Waals surface area (Å²) in [4.78, 5) is 39.4. The maximum atomic E-state index is 13.4. The van der Waals surface area contributed by atoms with Gasteiger partial charge in [-0.3, -0.25) is 24.8 Å². The Kier molecular flexibility index (Phi) is 5.59. The number of carbonyl (C=O) groups is 2. The lowest BCUT2D eigenvalue weighted by Gasteiger charge is -2.13. The Morgan fingerprint density at radius 3 is 2.61 bits per heavy atom. The predicted molar refractivity (Wildman–Crippen MR) is 113 cm³/mol. The van der Waals surface area contributed by atoms with Crippen LogP contribution in [-0.4, -0.2) is 37.7 Å². The van der Waals surface area contributed by atoms with Gasteiger partial charge in [0, 0.05) is 23.9 Å². The molecule has 1 unspecified atom stereocenters. The molecule has 2 N–H and O–H groups in total. The van der Waals surface area contributed by atoms with E-state index in [9.17, 15) is 24.1 Å². The molecule has 0 radical (unpaired) electrons. The van der Waals surface area contributed by atoms with Crippen LogP contribution in [0.15, 0.2) is 47.6 Å². The second-order valence-electron chi connectivity index (χ2n) is 7.13. The molecule has 11 heteroatoms. The van der Waals surface area contributed by atoms with Crippen LogP contribution in [0.2, 0.25) is 0 Å². The van der Waals surface area contributed by atoms with Crippen LogP contribution in [0.1, 0.15) is 19.8 Å². The van der Waals surface area contributed by atoms with Gasteiger partial charge in [0.2, 0.25) is 5.91 Å². The Bertz CT molecular complexity index is 1180. The second-order valence-corrected chi connectivity index (χ2v) is 8.44. The third-order valence-electron chi connectivity index (χ3n) is 4.70. The van der Waals surface area contributed by atoms with Crippen LogP contribution in [0.4, 0.5) is 14.9 Å². The van der Waals surface area contributed by atoms with Crippen LogP contribution in [0, 0.1) is 15.9 Å². The highest BCUT2D eigenvalue weighted by molar-refractivity contribution is 8.00. The molecule has 1 atom stereocenters. The summed E-state index contributed by atoms with van der Waals surface area (Å²) in [5.41, 5.74) is 1.40. The van der Waals surface area contributed by atoms with Gasteiger partial charge < -0.3 is 5.32 Å². The molecular formula is C20H18FN5O4S. The quantitative estimate of drug-likeness (QED) is 0.342. The number of nitrogens with zero attached hydrogens (tertiary/aromatic N) is 3. The normalized spacial score (nSPS) is 14.3. The zero-order chi connectivity index (χ0) is 22.1. The minimum absolute atomic E-state index is 0.115. The van der Waals surface area contributed by atoms with Gasteiger partial charge in [-0.1, -0.05) is 11.8 Å². The monoisotopic (exact) mass is 443 g/mol. The van der Waals surface area contributed by atoms with Crippen LogP contribution >= 0.6 is 11.8 Å². The van der Waals surface area contributed by atoms with E-state index in [4.69, 9.17) is 0 Å². The number of imidazole rings is 1. The molecule has 3 amide bonds. The van der Waals surface area contributed by atoms with Gasteiger partial charge in [0.05, 0.1) is 21.2 Å². The molecule has 0 saturated heterocycles. The summed E-state index contributed by atoms with van der Waals surface area (Å²) < 4.78 is 15.1. The summed E-state index contributed by atoms with van der Waals surface area (Å²) in [6.07, 6.45) is 1.81. The van der Waals surface area contributed by atoms with Gasteiger partial charge in [-0.05, 0) is 50.1 Å². The van der Waals surface area contributed by atoms with E-state index in [1.165, 1.54) is 24.3 Å². The summed E-state index contributed by atoms with van der Waals surface area (Å²) in [5.74, 6) is -0.903. The van der Waals surface area contributed by atoms with Crippen LogP contribution in [0.5, 0.6) is 0 Å². The van der Waals surface area contributed by atoms with Crippen molar-refractivity contribution in [3.63, 3.8) is 0 Å². The second kappa shape index (κ2) is 8.34. The number of non-ortho nitro benzene ring substituents is 1. The predicted octanol–water partition coefficient (Wildman–Crippen LogP) is 3.54. The summed E-state index contributed by atoms with van der Waals surface area (Å²) in [6.45, 7) is 1.63. The van der Waals surface area contributed by atoms with Crippen molar-refractivity contribution in [2.24, 2.45) is 0 Å². The topological polar surface area (TPSA) is 119 Å². The fourth-order valence-electron chi connectivity index (χ4n) is 2.95. The van der Waals surface area contributed by atoms with Crippen molar-refractivity contribution >= 4 is 40.4 Å². The maximum Gasteiger partial charge on any atom is 0.321 e. The Morgan fingerprint density at radius 2 is 1.97 bits per heavy atom. The van der Waals surface area contributed by atoms with Crippen molar-refractivity contribution in [1.29, 1.82) is 0 Å². The van der Waals surface area contributed by atoms with Crippen molar-refractivity contribution in [3.05, 3.63) is 58.4 Å². The van der Waals surface area contributed by atoms with E-state index < -0.39 is 27.9 Å². The van der Waals surface area contributed by atoms with Crippen molar-refractivity contribution < 1.29 is 18.9 Å². The van der Waals surface area contributed by atoms with Crippen molar-refractivity contribution in [2.45, 2.75) is 36.2 Å². The average molecular weight is 443 g/mol. The Balaban J connectivity index is 1.65. The zero-order valence-corrected chi connectivity index (χ0v) is 17.2. The molecule has 1 fully saturated rings. The minimum Gasteiger partial charge on any atom is -0.335 e. The first kappa shape index (κ1) is 20.8. The average Bonchev–Trinajstić information content (AvgIpc) is 3.46. The van der Waals surface area contributed by atoms with Gasteiger partial charge in [-0.25, -0.2) is 14.2 Å². The van der Waals surface area contributed by atoms with E-state index in [1.54, 1.807) is 29.7 Å². The first-order valence-electron chi connectivity index (χ1n) is 9.52. The van der Waals surface area contributed by atoms with E-state index in [0.29, 0.717) is 21.9 Å². The molecule has 2 aromatic carbocycles. The molecule has 4 rings (SSSR count). The number of hydrogen-bond acceptors (Lipinski definition) is 6. The number of aromatic nitrogens is 2. The van der Waals surface area contributed by atoms with Crippen LogP contribution in [-0.2, 0) is 4.79 Å². The third-order valence-corrected chi connectivity index (χ3v) is 5.76. The van der Waals surface area contributed by atoms with Crippen LogP contribution in [0.25, 0.3) is 16.7 Å². The number of nitro groups is 1. The van der Waals surface area contributed by atoms with E-state index in [2.05, 4.69) is 15.6 Å². The van der Waals surface area contributed by atoms with Crippen molar-refractivity contribution in [1.82, 2.24) is 20.2 Å². The lowest BCUT2D eigenvalue weighted by molar-refractivity contribution is -0.384. The van der Waals surface area contributed by atoms with Crippen LogP contribution in [0.3, 0.4) is 0 Å². The molecule has 1 heterocycles.